The Morgan fingerprint density at radius 3 is 2.27 bits per heavy atom. The SMILES string of the molecule is CCOc1ccc(-n2c(SCC(=O)Nc3ccc(C)c(C)c3)nnc2-c2ccc(C(C)(C)C)cc2)cc1. The van der Waals surface area contributed by atoms with E-state index in [4.69, 9.17) is 4.74 Å². The van der Waals surface area contributed by atoms with Crippen LogP contribution < -0.4 is 10.1 Å². The maximum Gasteiger partial charge on any atom is 0.234 e. The van der Waals surface area contributed by atoms with Gasteiger partial charge in [0.1, 0.15) is 5.75 Å². The molecule has 0 aliphatic rings. The van der Waals surface area contributed by atoms with Crippen LogP contribution in [0.5, 0.6) is 5.75 Å². The summed E-state index contributed by atoms with van der Waals surface area (Å²) in [6.45, 7) is 13.2. The predicted octanol–water partition coefficient (Wildman–Crippen LogP) is 6.98. The van der Waals surface area contributed by atoms with Gasteiger partial charge in [-0.2, -0.15) is 0 Å². The van der Waals surface area contributed by atoms with Gasteiger partial charge < -0.3 is 10.1 Å². The van der Waals surface area contributed by atoms with Crippen molar-refractivity contribution in [1.82, 2.24) is 14.8 Å². The smallest absolute Gasteiger partial charge is 0.234 e. The van der Waals surface area contributed by atoms with Gasteiger partial charge in [0.25, 0.3) is 0 Å². The van der Waals surface area contributed by atoms with Crippen molar-refractivity contribution in [3.63, 3.8) is 0 Å². The summed E-state index contributed by atoms with van der Waals surface area (Å²) < 4.78 is 7.62. The second-order valence-electron chi connectivity index (χ2n) is 10.0. The highest BCUT2D eigenvalue weighted by atomic mass is 32.2. The van der Waals surface area contributed by atoms with Gasteiger partial charge >= 0.3 is 0 Å². The molecule has 4 aromatic rings. The van der Waals surface area contributed by atoms with Crippen molar-refractivity contribution >= 4 is 23.4 Å². The highest BCUT2D eigenvalue weighted by Crippen LogP contribution is 2.31. The summed E-state index contributed by atoms with van der Waals surface area (Å²) in [7, 11) is 0. The van der Waals surface area contributed by atoms with Crippen LogP contribution in [-0.2, 0) is 10.2 Å². The number of benzene rings is 3. The fourth-order valence-electron chi connectivity index (χ4n) is 3.91. The molecule has 0 saturated heterocycles. The third-order valence-corrected chi connectivity index (χ3v) is 7.10. The number of amides is 1. The summed E-state index contributed by atoms with van der Waals surface area (Å²) in [5.41, 5.74) is 6.30. The zero-order valence-electron chi connectivity index (χ0n) is 22.3. The second-order valence-corrected chi connectivity index (χ2v) is 11.0. The number of nitrogens with one attached hydrogen (secondary N) is 1. The van der Waals surface area contributed by atoms with Crippen molar-refractivity contribution < 1.29 is 9.53 Å². The fraction of sp³-hybridized carbons (Fsp3) is 0.300. The van der Waals surface area contributed by atoms with Crippen molar-refractivity contribution in [3.05, 3.63) is 83.4 Å². The molecule has 0 saturated carbocycles. The van der Waals surface area contributed by atoms with Crippen LogP contribution in [-0.4, -0.2) is 33.0 Å². The minimum Gasteiger partial charge on any atom is -0.494 e. The molecule has 0 aliphatic carbocycles. The molecule has 192 valence electrons. The van der Waals surface area contributed by atoms with Gasteiger partial charge in [0.2, 0.25) is 5.91 Å². The van der Waals surface area contributed by atoms with E-state index in [2.05, 4.69) is 67.5 Å². The number of carbonyl (C=O) groups excluding carboxylic acids is 1. The minimum absolute atomic E-state index is 0.0612. The average molecular weight is 515 g/mol. The Balaban J connectivity index is 1.61. The summed E-state index contributed by atoms with van der Waals surface area (Å²) in [6.07, 6.45) is 0. The molecular formula is C30H34N4O2S. The van der Waals surface area contributed by atoms with Gasteiger partial charge in [-0.05, 0) is 79.3 Å². The van der Waals surface area contributed by atoms with Gasteiger partial charge in [-0.3, -0.25) is 9.36 Å². The Bertz CT molecular complexity index is 1370. The number of hydrogen-bond acceptors (Lipinski definition) is 5. The molecule has 1 N–H and O–H groups in total. The molecule has 0 unspecified atom stereocenters. The van der Waals surface area contributed by atoms with Gasteiger partial charge in [0, 0.05) is 16.9 Å². The predicted molar refractivity (Wildman–Crippen MR) is 152 cm³/mol. The number of anilines is 1. The molecule has 7 heteroatoms. The van der Waals surface area contributed by atoms with E-state index < -0.39 is 0 Å². The number of thioether (sulfide) groups is 1. The van der Waals surface area contributed by atoms with Gasteiger partial charge in [-0.1, -0.05) is 62.9 Å². The van der Waals surface area contributed by atoms with Crippen LogP contribution in [0.1, 0.15) is 44.4 Å². The number of aryl methyl sites for hydroxylation is 2. The van der Waals surface area contributed by atoms with E-state index in [-0.39, 0.29) is 17.1 Å². The zero-order chi connectivity index (χ0) is 26.6. The third-order valence-electron chi connectivity index (χ3n) is 6.17. The Kier molecular flexibility index (Phi) is 8.03. The molecule has 1 amide bonds. The maximum atomic E-state index is 12.7. The van der Waals surface area contributed by atoms with Gasteiger partial charge in [0.15, 0.2) is 11.0 Å². The second kappa shape index (κ2) is 11.2. The van der Waals surface area contributed by atoms with Crippen molar-refractivity contribution in [2.24, 2.45) is 0 Å². The molecule has 0 atom stereocenters. The van der Waals surface area contributed by atoms with Gasteiger partial charge in [-0.25, -0.2) is 0 Å². The van der Waals surface area contributed by atoms with Crippen molar-refractivity contribution in [2.75, 3.05) is 17.7 Å². The van der Waals surface area contributed by atoms with Crippen molar-refractivity contribution in [2.45, 2.75) is 52.1 Å². The molecule has 0 aliphatic heterocycles. The first-order chi connectivity index (χ1) is 17.7. The lowest BCUT2D eigenvalue weighted by Crippen LogP contribution is -2.14. The maximum absolute atomic E-state index is 12.7. The monoisotopic (exact) mass is 514 g/mol. The number of rotatable bonds is 8. The molecule has 3 aromatic carbocycles. The van der Waals surface area contributed by atoms with E-state index in [0.29, 0.717) is 11.8 Å². The molecule has 37 heavy (non-hydrogen) atoms. The Morgan fingerprint density at radius 1 is 0.946 bits per heavy atom. The minimum atomic E-state index is -0.0921. The van der Waals surface area contributed by atoms with Crippen LogP contribution in [0.25, 0.3) is 17.1 Å². The van der Waals surface area contributed by atoms with Crippen LogP contribution in [0.4, 0.5) is 5.69 Å². The van der Waals surface area contributed by atoms with Crippen LogP contribution in [0.3, 0.4) is 0 Å². The normalized spacial score (nSPS) is 11.4. The lowest BCUT2D eigenvalue weighted by atomic mass is 9.87. The molecule has 1 aromatic heterocycles. The largest absolute Gasteiger partial charge is 0.494 e. The summed E-state index contributed by atoms with van der Waals surface area (Å²) in [5, 5.41) is 12.6. The summed E-state index contributed by atoms with van der Waals surface area (Å²) in [4.78, 5) is 12.7. The Labute approximate surface area is 223 Å². The molecule has 0 fully saturated rings. The quantitative estimate of drug-likeness (QED) is 0.257. The van der Waals surface area contributed by atoms with Crippen molar-refractivity contribution in [3.8, 4) is 22.8 Å². The number of ether oxygens (including phenoxy) is 1. The molecule has 0 bridgehead atoms. The van der Waals surface area contributed by atoms with Crippen LogP contribution in [0.15, 0.2) is 71.9 Å². The molecule has 0 spiro atoms. The van der Waals surface area contributed by atoms with E-state index in [9.17, 15) is 4.79 Å². The summed E-state index contributed by atoms with van der Waals surface area (Å²) in [5.74, 6) is 1.65. The Hall–Kier alpha value is -3.58. The topological polar surface area (TPSA) is 69.0 Å². The molecule has 1 heterocycles. The summed E-state index contributed by atoms with van der Waals surface area (Å²) in [6, 6.07) is 22.2. The first-order valence-corrected chi connectivity index (χ1v) is 13.4. The highest BCUT2D eigenvalue weighted by molar-refractivity contribution is 7.99. The number of hydrogen-bond donors (Lipinski definition) is 1. The lowest BCUT2D eigenvalue weighted by molar-refractivity contribution is -0.113. The molecular weight excluding hydrogens is 480 g/mol. The first kappa shape index (κ1) is 26.5. The third kappa shape index (κ3) is 6.41. The number of nitrogens with zero attached hydrogens (tertiary/aromatic N) is 3. The molecule has 4 rings (SSSR count). The van der Waals surface area contributed by atoms with Crippen molar-refractivity contribution in [1.29, 1.82) is 0 Å². The lowest BCUT2D eigenvalue weighted by Gasteiger charge is -2.19. The van der Waals surface area contributed by atoms with E-state index in [0.717, 1.165) is 34.1 Å². The number of aromatic nitrogens is 3. The van der Waals surface area contributed by atoms with Crippen LogP contribution in [0.2, 0.25) is 0 Å². The number of carbonyl (C=O) groups is 1. The standard InChI is InChI=1S/C30H34N4O2S/c1-7-36-26-16-14-25(15-17-26)34-28(22-9-11-23(12-10-22)30(4,5)6)32-33-29(34)37-19-27(35)31-24-13-8-20(2)21(3)18-24/h8-18H,7,19H2,1-6H3,(H,31,35). The van der Waals surface area contributed by atoms with E-state index >= 15 is 0 Å². The fourth-order valence-corrected chi connectivity index (χ4v) is 4.66. The first-order valence-electron chi connectivity index (χ1n) is 12.4. The molecule has 6 nitrogen and oxygen atoms in total. The average Bonchev–Trinajstić information content (AvgIpc) is 3.29. The summed E-state index contributed by atoms with van der Waals surface area (Å²) >= 11 is 1.36. The van der Waals surface area contributed by atoms with Gasteiger partial charge in [0.05, 0.1) is 12.4 Å². The van der Waals surface area contributed by atoms with E-state index in [1.54, 1.807) is 0 Å². The molecule has 0 radical (unpaired) electrons. The van der Waals surface area contributed by atoms with Crippen LogP contribution >= 0.6 is 11.8 Å². The zero-order valence-corrected chi connectivity index (χ0v) is 23.1. The van der Waals surface area contributed by atoms with Crippen LogP contribution in [0, 0.1) is 13.8 Å². The Morgan fingerprint density at radius 2 is 1.65 bits per heavy atom. The highest BCUT2D eigenvalue weighted by Gasteiger charge is 2.19. The van der Waals surface area contributed by atoms with Gasteiger partial charge in [-0.15, -0.1) is 10.2 Å². The van der Waals surface area contributed by atoms with E-state index in [1.807, 2.05) is 60.9 Å². The van der Waals surface area contributed by atoms with E-state index in [1.165, 1.54) is 22.9 Å².